The van der Waals surface area contributed by atoms with Gasteiger partial charge in [-0.25, -0.2) is 0 Å². The summed E-state index contributed by atoms with van der Waals surface area (Å²) in [6, 6.07) is 1.34. The number of primary amides is 1. The largest absolute Gasteiger partial charge is 0.510 e. The minimum atomic E-state index is -2.94. The number of nitrogens with two attached hydrogens (primary N) is 1. The van der Waals surface area contributed by atoms with E-state index in [0.717, 1.165) is 0 Å². The van der Waals surface area contributed by atoms with Gasteiger partial charge >= 0.3 is 0 Å². The Balaban J connectivity index is 2.09. The third kappa shape index (κ3) is 2.66. The van der Waals surface area contributed by atoms with Crippen LogP contribution in [0.1, 0.15) is 34.3 Å². The number of aliphatic hydroxyl groups excluding tert-OH is 3. The van der Waals surface area contributed by atoms with Crippen molar-refractivity contribution in [2.75, 3.05) is 14.1 Å². The van der Waals surface area contributed by atoms with Gasteiger partial charge in [0, 0.05) is 17.1 Å². The van der Waals surface area contributed by atoms with Crippen molar-refractivity contribution in [1.29, 1.82) is 0 Å². The number of Topliss-reactive ketones (excluding diaryl/α,β-unsaturated/α-hetero) is 2. The van der Waals surface area contributed by atoms with Crippen LogP contribution < -0.4 is 5.73 Å². The van der Waals surface area contributed by atoms with Crippen LogP contribution in [0, 0.1) is 24.2 Å². The highest BCUT2D eigenvalue weighted by atomic mass is 16.4. The molecule has 0 aliphatic heterocycles. The number of ketones is 2. The molecule has 178 valence electrons. The van der Waals surface area contributed by atoms with Gasteiger partial charge in [0.15, 0.2) is 11.4 Å². The van der Waals surface area contributed by atoms with Gasteiger partial charge in [0.25, 0.3) is 5.91 Å². The van der Waals surface area contributed by atoms with Gasteiger partial charge in [-0.2, -0.15) is 0 Å². The van der Waals surface area contributed by atoms with E-state index in [1.165, 1.54) is 31.1 Å². The molecule has 7 N–H and O–H groups in total. The fraction of sp³-hybridized carbons (Fsp3) is 0.375. The summed E-state index contributed by atoms with van der Waals surface area (Å²) in [5.41, 5.74) is 1.28. The van der Waals surface area contributed by atoms with E-state index in [-0.39, 0.29) is 11.1 Å². The van der Waals surface area contributed by atoms with E-state index in [9.17, 15) is 39.9 Å². The van der Waals surface area contributed by atoms with E-state index in [2.05, 4.69) is 5.92 Å². The molecule has 0 aromatic heterocycles. The van der Waals surface area contributed by atoms with Crippen LogP contribution in [0.15, 0.2) is 34.8 Å². The highest BCUT2D eigenvalue weighted by molar-refractivity contribution is 6.25. The molecular formula is C24H24N2O8. The first-order valence-corrected chi connectivity index (χ1v) is 10.5. The Hall–Kier alpha value is -3.65. The fourth-order valence-electron chi connectivity index (χ4n) is 5.83. The number of phenolic OH excluding ortho intramolecular Hbond substituents is 1. The molecule has 0 spiro atoms. The quantitative estimate of drug-likeness (QED) is 0.249. The molecule has 0 heterocycles. The number of likely N-dealkylation sites (N-methyl/N-ethyl adjacent to an activating group) is 1. The van der Waals surface area contributed by atoms with Gasteiger partial charge in [-0.05, 0) is 37.7 Å². The molecule has 3 aliphatic rings. The molecule has 3 aliphatic carbocycles. The summed E-state index contributed by atoms with van der Waals surface area (Å²) in [5.74, 6) is -6.99. The van der Waals surface area contributed by atoms with Crippen molar-refractivity contribution in [2.24, 2.45) is 17.6 Å². The number of carbonyl (C=O) groups is 3. The van der Waals surface area contributed by atoms with E-state index in [1.807, 2.05) is 0 Å². The first-order valence-electron chi connectivity index (χ1n) is 10.5. The van der Waals surface area contributed by atoms with Gasteiger partial charge in [-0.15, -0.1) is 6.42 Å². The molecule has 0 saturated heterocycles. The van der Waals surface area contributed by atoms with E-state index in [0.29, 0.717) is 5.56 Å². The molecule has 0 bridgehead atoms. The van der Waals surface area contributed by atoms with Gasteiger partial charge in [-0.3, -0.25) is 19.3 Å². The summed E-state index contributed by atoms with van der Waals surface area (Å²) < 4.78 is 0. The van der Waals surface area contributed by atoms with Gasteiger partial charge in [-0.1, -0.05) is 12.8 Å². The zero-order valence-corrected chi connectivity index (χ0v) is 18.6. The summed E-state index contributed by atoms with van der Waals surface area (Å²) in [7, 11) is 2.94. The van der Waals surface area contributed by atoms with Crippen LogP contribution in [0.2, 0.25) is 0 Å². The van der Waals surface area contributed by atoms with Gasteiger partial charge in [0.2, 0.25) is 5.78 Å². The Kier molecular flexibility index (Phi) is 5.14. The lowest BCUT2D eigenvalue weighted by molar-refractivity contribution is -0.162. The van der Waals surface area contributed by atoms with Crippen molar-refractivity contribution in [3.63, 3.8) is 0 Å². The molecule has 0 saturated carbocycles. The number of fused-ring (bicyclic) bond motifs is 3. The SMILES string of the molecule is C#Cc1ccc(O)c2c1[C@H](C)[C@@H]1C(=C(O)[C@]3(O)C(=O)C(C(N)=O)=C(O)[C@@H](N(C)C)[C@@H]3[C@H]1O)C2=O. The lowest BCUT2D eigenvalue weighted by atomic mass is 9.55. The van der Waals surface area contributed by atoms with Gasteiger partial charge in [0.1, 0.15) is 22.8 Å². The molecule has 1 aromatic rings. The number of rotatable bonds is 2. The van der Waals surface area contributed by atoms with Crippen LogP contribution >= 0.6 is 0 Å². The predicted molar refractivity (Wildman–Crippen MR) is 118 cm³/mol. The first-order chi connectivity index (χ1) is 15.8. The molecule has 0 radical (unpaired) electrons. The Morgan fingerprint density at radius 3 is 2.35 bits per heavy atom. The average Bonchev–Trinajstić information content (AvgIpc) is 2.75. The maximum absolute atomic E-state index is 13.5. The van der Waals surface area contributed by atoms with Crippen molar-refractivity contribution < 1.29 is 39.9 Å². The van der Waals surface area contributed by atoms with Crippen LogP contribution in [0.5, 0.6) is 5.75 Å². The van der Waals surface area contributed by atoms with Crippen molar-refractivity contribution in [3.8, 4) is 18.1 Å². The number of hydrogen-bond donors (Lipinski definition) is 6. The van der Waals surface area contributed by atoms with Crippen LogP contribution in [0.3, 0.4) is 0 Å². The lowest BCUT2D eigenvalue weighted by Gasteiger charge is -2.53. The molecular weight excluding hydrogens is 444 g/mol. The second-order valence-corrected chi connectivity index (χ2v) is 9.12. The molecule has 0 unspecified atom stereocenters. The normalized spacial score (nSPS) is 32.8. The molecule has 0 fully saturated rings. The van der Waals surface area contributed by atoms with Crippen molar-refractivity contribution >= 4 is 17.5 Å². The Morgan fingerprint density at radius 2 is 1.82 bits per heavy atom. The van der Waals surface area contributed by atoms with Crippen LogP contribution in [-0.2, 0) is 9.59 Å². The van der Waals surface area contributed by atoms with Crippen molar-refractivity contribution in [1.82, 2.24) is 4.90 Å². The third-order valence-electron chi connectivity index (χ3n) is 7.26. The average molecular weight is 468 g/mol. The fourth-order valence-corrected chi connectivity index (χ4v) is 5.83. The molecule has 10 nitrogen and oxygen atoms in total. The third-order valence-corrected chi connectivity index (χ3v) is 7.26. The maximum Gasteiger partial charge on any atom is 0.255 e. The van der Waals surface area contributed by atoms with Crippen LogP contribution in [0.4, 0.5) is 0 Å². The van der Waals surface area contributed by atoms with Crippen molar-refractivity contribution in [3.05, 3.63) is 51.5 Å². The highest BCUT2D eigenvalue weighted by Crippen LogP contribution is 2.55. The molecule has 4 rings (SSSR count). The summed E-state index contributed by atoms with van der Waals surface area (Å²) in [4.78, 5) is 40.1. The summed E-state index contributed by atoms with van der Waals surface area (Å²) >= 11 is 0. The zero-order valence-electron chi connectivity index (χ0n) is 18.6. The number of hydrogen-bond acceptors (Lipinski definition) is 9. The Bertz CT molecular complexity index is 1270. The summed E-state index contributed by atoms with van der Waals surface area (Å²) in [6.07, 6.45) is 3.93. The second-order valence-electron chi connectivity index (χ2n) is 9.12. The first kappa shape index (κ1) is 23.5. The molecule has 10 heteroatoms. The van der Waals surface area contributed by atoms with Crippen LogP contribution in [0.25, 0.3) is 0 Å². The lowest BCUT2D eigenvalue weighted by Crippen LogP contribution is -2.68. The Morgan fingerprint density at radius 1 is 1.21 bits per heavy atom. The van der Waals surface area contributed by atoms with E-state index in [4.69, 9.17) is 12.2 Å². The molecule has 1 amide bonds. The molecule has 6 atom stereocenters. The minimum Gasteiger partial charge on any atom is -0.510 e. The predicted octanol–water partition coefficient (Wildman–Crippen LogP) is -0.366. The number of phenols is 1. The van der Waals surface area contributed by atoms with E-state index in [1.54, 1.807) is 6.92 Å². The number of aromatic hydroxyl groups is 1. The number of terminal acetylenes is 1. The molecule has 34 heavy (non-hydrogen) atoms. The van der Waals surface area contributed by atoms with Gasteiger partial charge in [0.05, 0.1) is 23.6 Å². The summed E-state index contributed by atoms with van der Waals surface area (Å²) in [6.45, 7) is 1.62. The van der Waals surface area contributed by atoms with E-state index >= 15 is 0 Å². The standard InChI is InChI=1S/C24H24N2O8/c1-5-9-6-7-10(27)13-11(9)8(2)12-14(18(13)28)21(31)24(34)16(19(12)29)17(26(3)4)20(30)15(22(24)32)23(25)33/h1,6-8,12,16-17,19,27,29-31,34H,2-4H3,(H2,25,33)/t8-,12+,16+,17-,19-,24-/m0/s1. The topological polar surface area (TPSA) is 182 Å². The molecule has 1 aromatic carbocycles. The highest BCUT2D eigenvalue weighted by Gasteiger charge is 2.67. The number of carbonyl (C=O) groups excluding carboxylic acids is 3. The van der Waals surface area contributed by atoms with Crippen LogP contribution in [-0.4, -0.2) is 79.7 Å². The summed E-state index contributed by atoms with van der Waals surface area (Å²) in [5, 5.41) is 55.5. The smallest absolute Gasteiger partial charge is 0.255 e. The van der Waals surface area contributed by atoms with Gasteiger partial charge < -0.3 is 31.3 Å². The number of nitrogens with zero attached hydrogens (tertiary/aromatic N) is 1. The monoisotopic (exact) mass is 468 g/mol. The number of amides is 1. The maximum atomic E-state index is 13.5. The van der Waals surface area contributed by atoms with E-state index < -0.39 is 81.4 Å². The number of aliphatic hydroxyl groups is 4. The Labute approximate surface area is 194 Å². The zero-order chi connectivity index (χ0) is 25.4. The second kappa shape index (κ2) is 7.43. The number of benzene rings is 1. The van der Waals surface area contributed by atoms with Crippen molar-refractivity contribution in [2.45, 2.75) is 30.6 Å². The minimum absolute atomic E-state index is 0.212.